The lowest BCUT2D eigenvalue weighted by molar-refractivity contribution is 0.0451. The fourth-order valence-electron chi connectivity index (χ4n) is 2.79. The zero-order chi connectivity index (χ0) is 13.6. The van der Waals surface area contributed by atoms with Gasteiger partial charge in [-0.3, -0.25) is 4.21 Å². The third kappa shape index (κ3) is 5.98. The maximum absolute atomic E-state index is 12.2. The molecular weight excluding hydrogens is 260 g/mol. The van der Waals surface area contributed by atoms with E-state index >= 15 is 0 Å². The summed E-state index contributed by atoms with van der Waals surface area (Å²) in [6.45, 7) is 8.90. The van der Waals surface area contributed by atoms with Crippen molar-refractivity contribution in [1.29, 1.82) is 0 Å². The molecule has 1 unspecified atom stereocenters. The van der Waals surface area contributed by atoms with Crippen LogP contribution in [-0.4, -0.2) is 29.6 Å². The zero-order valence-electron chi connectivity index (χ0n) is 12.6. The van der Waals surface area contributed by atoms with E-state index in [4.69, 9.17) is 4.43 Å². The van der Waals surface area contributed by atoms with E-state index in [1.165, 1.54) is 19.3 Å². The van der Waals surface area contributed by atoms with Crippen LogP contribution in [0.2, 0.25) is 19.6 Å². The van der Waals surface area contributed by atoms with Crippen LogP contribution in [0.25, 0.3) is 0 Å². The zero-order valence-corrected chi connectivity index (χ0v) is 14.4. The minimum atomic E-state index is -1.55. The Morgan fingerprint density at radius 2 is 1.78 bits per heavy atom. The summed E-state index contributed by atoms with van der Waals surface area (Å²) < 4.78 is 18.7. The molecule has 0 spiro atoms. The number of hydrogen-bond donors (Lipinski definition) is 0. The number of unbranched alkanes of at least 4 members (excludes halogenated alkanes) is 1. The van der Waals surface area contributed by atoms with Crippen LogP contribution < -0.4 is 0 Å². The van der Waals surface area contributed by atoms with Crippen molar-refractivity contribution in [3.8, 4) is 0 Å². The summed E-state index contributed by atoms with van der Waals surface area (Å²) in [5.74, 6) is 1.63. The molecule has 0 aromatic carbocycles. The molecule has 2 nitrogen and oxygen atoms in total. The molecule has 0 N–H and O–H groups in total. The average molecular weight is 291 g/mol. The van der Waals surface area contributed by atoms with E-state index in [0.29, 0.717) is 0 Å². The first kappa shape index (κ1) is 16.4. The smallest absolute Gasteiger partial charge is 0.184 e. The van der Waals surface area contributed by atoms with E-state index < -0.39 is 19.1 Å². The molecule has 0 heterocycles. The molecule has 18 heavy (non-hydrogen) atoms. The average Bonchev–Trinajstić information content (AvgIpc) is 2.24. The highest BCUT2D eigenvalue weighted by atomic mass is 32.2. The van der Waals surface area contributed by atoms with E-state index in [1.807, 2.05) is 0 Å². The maximum atomic E-state index is 12.2. The van der Waals surface area contributed by atoms with Gasteiger partial charge in [0.15, 0.2) is 8.32 Å². The molecule has 1 fully saturated rings. The Bertz CT molecular complexity index is 267. The quantitative estimate of drug-likeness (QED) is 0.660. The number of hydrogen-bond acceptors (Lipinski definition) is 2. The van der Waals surface area contributed by atoms with E-state index in [2.05, 4.69) is 26.6 Å². The summed E-state index contributed by atoms with van der Waals surface area (Å²) in [4.78, 5) is 0. The van der Waals surface area contributed by atoms with Gasteiger partial charge in [-0.15, -0.1) is 0 Å². The first-order valence-electron chi connectivity index (χ1n) is 7.42. The van der Waals surface area contributed by atoms with Gasteiger partial charge in [-0.05, 0) is 38.9 Å². The van der Waals surface area contributed by atoms with Gasteiger partial charge in [0.2, 0.25) is 0 Å². The molecule has 0 bridgehead atoms. The minimum Gasteiger partial charge on any atom is -0.411 e. The van der Waals surface area contributed by atoms with Crippen molar-refractivity contribution in [2.45, 2.75) is 77.1 Å². The molecule has 1 saturated carbocycles. The van der Waals surface area contributed by atoms with E-state index in [9.17, 15) is 4.21 Å². The highest BCUT2D eigenvalue weighted by molar-refractivity contribution is 7.85. The summed E-state index contributed by atoms with van der Waals surface area (Å²) in [5, 5.41) is 0. The van der Waals surface area contributed by atoms with Crippen molar-refractivity contribution in [2.75, 3.05) is 11.5 Å². The summed E-state index contributed by atoms with van der Waals surface area (Å²) >= 11 is 0. The van der Waals surface area contributed by atoms with Crippen LogP contribution >= 0.6 is 0 Å². The predicted molar refractivity (Wildman–Crippen MR) is 83.0 cm³/mol. The normalized spacial score (nSPS) is 21.8. The van der Waals surface area contributed by atoms with Crippen molar-refractivity contribution >= 4 is 19.1 Å². The largest absolute Gasteiger partial charge is 0.411 e. The minimum absolute atomic E-state index is 0.0542. The Balaban J connectivity index is 2.62. The summed E-state index contributed by atoms with van der Waals surface area (Å²) in [6.07, 6.45) is 8.26. The third-order valence-electron chi connectivity index (χ3n) is 3.44. The fourth-order valence-corrected chi connectivity index (χ4v) is 6.16. The van der Waals surface area contributed by atoms with Crippen LogP contribution in [0.3, 0.4) is 0 Å². The second kappa shape index (κ2) is 7.20. The summed E-state index contributed by atoms with van der Waals surface area (Å²) in [5.41, 5.74) is -0.0542. The molecule has 0 amide bonds. The molecule has 1 aliphatic rings. The Morgan fingerprint density at radius 3 is 2.28 bits per heavy atom. The van der Waals surface area contributed by atoms with Crippen LogP contribution in [0.15, 0.2) is 0 Å². The van der Waals surface area contributed by atoms with Gasteiger partial charge in [-0.2, -0.15) is 0 Å². The standard InChI is InChI=1S/C14H30O2SSi/c1-5-6-12-17(15)13-14(16-18(2,3)4)10-8-7-9-11-14/h5-13H2,1-4H3. The van der Waals surface area contributed by atoms with Gasteiger partial charge in [0.05, 0.1) is 11.4 Å². The molecule has 0 saturated heterocycles. The van der Waals surface area contributed by atoms with Gasteiger partial charge in [0.1, 0.15) is 0 Å². The Kier molecular flexibility index (Phi) is 6.55. The highest BCUT2D eigenvalue weighted by Crippen LogP contribution is 2.35. The second-order valence-electron chi connectivity index (χ2n) is 6.60. The lowest BCUT2D eigenvalue weighted by Crippen LogP contribution is -2.48. The van der Waals surface area contributed by atoms with E-state index in [-0.39, 0.29) is 5.60 Å². The lowest BCUT2D eigenvalue weighted by Gasteiger charge is -2.41. The van der Waals surface area contributed by atoms with Crippen LogP contribution in [0.4, 0.5) is 0 Å². The SMILES string of the molecule is CCCCS(=O)CC1(O[Si](C)(C)C)CCCCC1. The van der Waals surface area contributed by atoms with Gasteiger partial charge in [-0.1, -0.05) is 32.6 Å². The van der Waals surface area contributed by atoms with Crippen molar-refractivity contribution in [3.05, 3.63) is 0 Å². The van der Waals surface area contributed by atoms with Crippen molar-refractivity contribution < 1.29 is 8.63 Å². The van der Waals surface area contributed by atoms with Gasteiger partial charge >= 0.3 is 0 Å². The maximum Gasteiger partial charge on any atom is 0.184 e. The van der Waals surface area contributed by atoms with Crippen LogP contribution in [0.5, 0.6) is 0 Å². The predicted octanol–water partition coefficient (Wildman–Crippen LogP) is 4.09. The first-order chi connectivity index (χ1) is 8.37. The fraction of sp³-hybridized carbons (Fsp3) is 1.00. The Hall–Kier alpha value is 0.327. The molecule has 0 radical (unpaired) electrons. The molecule has 0 aromatic heterocycles. The molecule has 0 aromatic rings. The van der Waals surface area contributed by atoms with Gasteiger partial charge in [0.25, 0.3) is 0 Å². The van der Waals surface area contributed by atoms with Crippen molar-refractivity contribution in [2.24, 2.45) is 0 Å². The molecule has 1 aliphatic carbocycles. The van der Waals surface area contributed by atoms with Crippen LogP contribution in [0.1, 0.15) is 51.9 Å². The van der Waals surface area contributed by atoms with Crippen molar-refractivity contribution in [3.63, 3.8) is 0 Å². The summed E-state index contributed by atoms with van der Waals surface area (Å²) in [6, 6.07) is 0. The molecule has 1 rings (SSSR count). The van der Waals surface area contributed by atoms with Gasteiger partial charge < -0.3 is 4.43 Å². The van der Waals surface area contributed by atoms with Crippen LogP contribution in [0, 0.1) is 0 Å². The highest BCUT2D eigenvalue weighted by Gasteiger charge is 2.38. The second-order valence-corrected chi connectivity index (χ2v) is 12.6. The van der Waals surface area contributed by atoms with Gasteiger partial charge in [0, 0.05) is 16.6 Å². The van der Waals surface area contributed by atoms with Gasteiger partial charge in [-0.25, -0.2) is 0 Å². The van der Waals surface area contributed by atoms with E-state index in [1.54, 1.807) is 0 Å². The van der Waals surface area contributed by atoms with Crippen molar-refractivity contribution in [1.82, 2.24) is 0 Å². The topological polar surface area (TPSA) is 26.3 Å². The first-order valence-corrected chi connectivity index (χ1v) is 12.3. The Labute approximate surface area is 116 Å². The number of rotatable bonds is 7. The third-order valence-corrected chi connectivity index (χ3v) is 6.07. The lowest BCUT2D eigenvalue weighted by atomic mass is 9.86. The summed E-state index contributed by atoms with van der Waals surface area (Å²) in [7, 11) is -2.24. The molecule has 0 aliphatic heterocycles. The molecule has 108 valence electrons. The monoisotopic (exact) mass is 290 g/mol. The Morgan fingerprint density at radius 1 is 1.17 bits per heavy atom. The van der Waals surface area contributed by atoms with E-state index in [0.717, 1.165) is 37.2 Å². The van der Waals surface area contributed by atoms with Crippen LogP contribution in [-0.2, 0) is 15.2 Å². The molecule has 1 atom stereocenters. The molecule has 4 heteroatoms. The molecular formula is C14H30O2SSi.